The molecule has 240 valence electrons. The van der Waals surface area contributed by atoms with Gasteiger partial charge in [-0.3, -0.25) is 9.78 Å². The van der Waals surface area contributed by atoms with E-state index >= 15 is 0 Å². The van der Waals surface area contributed by atoms with Gasteiger partial charge in [0.05, 0.1) is 12.1 Å². The second-order valence-corrected chi connectivity index (χ2v) is 13.3. The number of nitrogens with zero attached hydrogens (tertiary/aromatic N) is 4. The summed E-state index contributed by atoms with van der Waals surface area (Å²) in [7, 11) is -2.29. The number of likely N-dealkylation sites (N-methyl/N-ethyl adjacent to an activating group) is 1. The molecule has 9 nitrogen and oxygen atoms in total. The highest BCUT2D eigenvalue weighted by atomic mass is 32.2. The largest absolute Gasteiger partial charge is 0.478 e. The van der Waals surface area contributed by atoms with Crippen LogP contribution in [0, 0.1) is 5.82 Å². The Bertz CT molecular complexity index is 1980. The van der Waals surface area contributed by atoms with Crippen molar-refractivity contribution in [2.24, 2.45) is 0 Å². The van der Waals surface area contributed by atoms with Gasteiger partial charge < -0.3 is 18.7 Å². The number of carbonyl (C=O) groups excluding carboxylic acids is 1. The Morgan fingerprint density at radius 1 is 0.830 bits per heavy atom. The van der Waals surface area contributed by atoms with Gasteiger partial charge in [-0.1, -0.05) is 72.8 Å². The molecule has 1 amide bonds. The van der Waals surface area contributed by atoms with Crippen molar-refractivity contribution in [3.63, 3.8) is 0 Å². The molecule has 5 aromatic rings. The van der Waals surface area contributed by atoms with E-state index in [0.717, 1.165) is 16.7 Å². The average molecular weight is 653 g/mol. The maximum Gasteiger partial charge on any atom is 0.385 e. The first-order chi connectivity index (χ1) is 22.8. The Kier molecular flexibility index (Phi) is 8.35. The van der Waals surface area contributed by atoms with E-state index in [1.165, 1.54) is 16.4 Å². The predicted molar refractivity (Wildman–Crippen MR) is 176 cm³/mol. The van der Waals surface area contributed by atoms with E-state index in [2.05, 4.69) is 9.88 Å². The third kappa shape index (κ3) is 6.17. The molecule has 0 saturated carbocycles. The summed E-state index contributed by atoms with van der Waals surface area (Å²) < 4.78 is 55.3. The number of rotatable bonds is 9. The molecule has 11 heteroatoms. The molecule has 0 radical (unpaired) electrons. The van der Waals surface area contributed by atoms with Gasteiger partial charge in [0, 0.05) is 49.9 Å². The molecular weight excluding hydrogens is 619 g/mol. The summed E-state index contributed by atoms with van der Waals surface area (Å²) in [5.74, 6) is -0.450. The van der Waals surface area contributed by atoms with Crippen LogP contribution >= 0.6 is 0 Å². The van der Waals surface area contributed by atoms with Crippen molar-refractivity contribution in [2.75, 3.05) is 33.2 Å². The van der Waals surface area contributed by atoms with Crippen LogP contribution in [0.1, 0.15) is 38.7 Å². The van der Waals surface area contributed by atoms with Crippen molar-refractivity contribution < 1.29 is 26.5 Å². The summed E-state index contributed by atoms with van der Waals surface area (Å²) in [5, 5.41) is 0.412. The molecule has 2 aliphatic rings. The molecule has 1 saturated heterocycles. The van der Waals surface area contributed by atoms with Gasteiger partial charge in [-0.15, -0.1) is 0 Å². The zero-order valence-corrected chi connectivity index (χ0v) is 26.6. The predicted octanol–water partition coefficient (Wildman–Crippen LogP) is 5.57. The zero-order chi connectivity index (χ0) is 32.5. The van der Waals surface area contributed by atoms with Crippen LogP contribution in [-0.2, 0) is 23.4 Å². The van der Waals surface area contributed by atoms with E-state index in [4.69, 9.17) is 8.92 Å². The standard InChI is InChI=1S/C36H33FN4O5S/c1-39-19-21-41(22-20-39)47(43,44)46-34-29-13-8-18-38-32(29)35(45-33(26-9-4-2-5-10-26)27-11-6-3-7-12-27)31-30(34)24-40(36(31)42)23-25-14-16-28(37)17-15-25/h2-18,33H,19-24H2,1H3. The SMILES string of the molecule is CN1CCN(S(=O)(=O)Oc2c3c(c(OC(c4ccccc4)c4ccccc4)c4ncccc24)C(=O)N(Cc2ccc(F)cc2)C3)CC1. The molecule has 4 aromatic carbocycles. The van der Waals surface area contributed by atoms with Crippen molar-refractivity contribution in [1.29, 1.82) is 0 Å². The first-order valence-corrected chi connectivity index (χ1v) is 16.8. The summed E-state index contributed by atoms with van der Waals surface area (Å²) in [4.78, 5) is 22.6. The molecule has 2 aliphatic heterocycles. The van der Waals surface area contributed by atoms with Gasteiger partial charge in [-0.25, -0.2) is 4.39 Å². The van der Waals surface area contributed by atoms with Crippen molar-refractivity contribution >= 4 is 27.1 Å². The lowest BCUT2D eigenvalue weighted by molar-refractivity contribution is 0.0762. The highest BCUT2D eigenvalue weighted by molar-refractivity contribution is 7.84. The number of hydrogen-bond donors (Lipinski definition) is 0. The fourth-order valence-electron chi connectivity index (χ4n) is 6.12. The van der Waals surface area contributed by atoms with Crippen LogP contribution < -0.4 is 8.92 Å². The van der Waals surface area contributed by atoms with Gasteiger partial charge >= 0.3 is 10.3 Å². The second-order valence-electron chi connectivity index (χ2n) is 11.8. The number of amides is 1. The molecule has 47 heavy (non-hydrogen) atoms. The summed E-state index contributed by atoms with van der Waals surface area (Å²) >= 11 is 0. The van der Waals surface area contributed by atoms with Gasteiger partial charge in [0.25, 0.3) is 5.91 Å². The van der Waals surface area contributed by atoms with Gasteiger partial charge in [0.2, 0.25) is 0 Å². The minimum absolute atomic E-state index is 0.0558. The first kappa shape index (κ1) is 30.8. The molecule has 0 bridgehead atoms. The van der Waals surface area contributed by atoms with Crippen LogP contribution in [0.25, 0.3) is 10.9 Å². The number of ether oxygens (including phenoxy) is 1. The summed E-state index contributed by atoms with van der Waals surface area (Å²) in [6, 6.07) is 28.7. The molecular formula is C36H33FN4O5S. The lowest BCUT2D eigenvalue weighted by Gasteiger charge is -2.31. The van der Waals surface area contributed by atoms with Gasteiger partial charge in [0.1, 0.15) is 17.4 Å². The average Bonchev–Trinajstić information content (AvgIpc) is 3.41. The summed E-state index contributed by atoms with van der Waals surface area (Å²) in [6.07, 6.45) is 0.974. The fraction of sp³-hybridized carbons (Fsp3) is 0.222. The number of hydrogen-bond acceptors (Lipinski definition) is 7. The number of carbonyl (C=O) groups is 1. The van der Waals surface area contributed by atoms with Crippen LogP contribution in [0.5, 0.6) is 11.5 Å². The number of halogens is 1. The number of pyridine rings is 1. The Hall–Kier alpha value is -4.84. The minimum atomic E-state index is -4.23. The Labute approximate surface area is 273 Å². The molecule has 1 aromatic heterocycles. The lowest BCUT2D eigenvalue weighted by Crippen LogP contribution is -2.48. The zero-order valence-electron chi connectivity index (χ0n) is 25.8. The molecule has 7 rings (SSSR count). The van der Waals surface area contributed by atoms with Gasteiger partial charge in [0.15, 0.2) is 11.5 Å². The third-order valence-corrected chi connectivity index (χ3v) is 9.99. The lowest BCUT2D eigenvalue weighted by atomic mass is 9.99. The number of fused-ring (bicyclic) bond motifs is 2. The number of benzene rings is 4. The van der Waals surface area contributed by atoms with Crippen LogP contribution in [-0.4, -0.2) is 66.6 Å². The second kappa shape index (κ2) is 12.7. The molecule has 0 unspecified atom stereocenters. The van der Waals surface area contributed by atoms with E-state index in [1.54, 1.807) is 35.4 Å². The monoisotopic (exact) mass is 652 g/mol. The highest BCUT2D eigenvalue weighted by Crippen LogP contribution is 2.47. The van der Waals surface area contributed by atoms with E-state index < -0.39 is 16.4 Å². The molecule has 1 fully saturated rings. The topological polar surface area (TPSA) is 92.3 Å². The van der Waals surface area contributed by atoms with Crippen LogP contribution in [0.2, 0.25) is 0 Å². The summed E-state index contributed by atoms with van der Waals surface area (Å²) in [6.45, 7) is 1.93. The normalized spacial score (nSPS) is 15.7. The van der Waals surface area contributed by atoms with E-state index in [9.17, 15) is 17.6 Å². The number of aromatic nitrogens is 1. The van der Waals surface area contributed by atoms with E-state index in [1.807, 2.05) is 67.7 Å². The van der Waals surface area contributed by atoms with Crippen molar-refractivity contribution in [2.45, 2.75) is 19.2 Å². The Balaban J connectivity index is 1.38. The van der Waals surface area contributed by atoms with Crippen LogP contribution in [0.15, 0.2) is 103 Å². The fourth-order valence-corrected chi connectivity index (χ4v) is 7.24. The molecule has 0 spiro atoms. The number of piperazine rings is 1. The highest BCUT2D eigenvalue weighted by Gasteiger charge is 2.39. The van der Waals surface area contributed by atoms with Gasteiger partial charge in [-0.05, 0) is 48.0 Å². The first-order valence-electron chi connectivity index (χ1n) is 15.4. The van der Waals surface area contributed by atoms with Crippen LogP contribution in [0.4, 0.5) is 4.39 Å². The van der Waals surface area contributed by atoms with Crippen LogP contribution in [0.3, 0.4) is 0 Å². The quantitative estimate of drug-likeness (QED) is 0.206. The maximum absolute atomic E-state index is 14.4. The van der Waals surface area contributed by atoms with Crippen molar-refractivity contribution in [3.05, 3.63) is 137 Å². The Morgan fingerprint density at radius 3 is 2.11 bits per heavy atom. The molecule has 3 heterocycles. The van der Waals surface area contributed by atoms with Crippen molar-refractivity contribution in [3.8, 4) is 11.5 Å². The molecule has 0 N–H and O–H groups in total. The van der Waals surface area contributed by atoms with E-state index in [-0.39, 0.29) is 55.0 Å². The molecule has 0 atom stereocenters. The minimum Gasteiger partial charge on any atom is -0.478 e. The van der Waals surface area contributed by atoms with E-state index in [0.29, 0.717) is 29.6 Å². The third-order valence-electron chi connectivity index (χ3n) is 8.61. The smallest absolute Gasteiger partial charge is 0.385 e. The van der Waals surface area contributed by atoms with Gasteiger partial charge in [-0.2, -0.15) is 12.7 Å². The maximum atomic E-state index is 14.4. The Morgan fingerprint density at radius 2 is 1.47 bits per heavy atom. The van der Waals surface area contributed by atoms with Crippen molar-refractivity contribution in [1.82, 2.24) is 19.1 Å². The molecule has 0 aliphatic carbocycles. The summed E-state index contributed by atoms with van der Waals surface area (Å²) in [5.41, 5.74) is 3.34.